The van der Waals surface area contributed by atoms with Crippen LogP contribution >= 0.6 is 45.9 Å². The van der Waals surface area contributed by atoms with Gasteiger partial charge in [-0.15, -0.1) is 22.7 Å². The van der Waals surface area contributed by atoms with Crippen LogP contribution in [0.25, 0.3) is 43.2 Å². The predicted molar refractivity (Wildman–Crippen MR) is 461 cm³/mol. The van der Waals surface area contributed by atoms with Gasteiger partial charge in [0.25, 0.3) is 0 Å². The zero-order chi connectivity index (χ0) is 85.0. The average Bonchev–Trinajstić information content (AvgIpc) is 1.57. The van der Waals surface area contributed by atoms with Gasteiger partial charge in [0.2, 0.25) is 43.7 Å². The van der Waals surface area contributed by atoms with Gasteiger partial charge in [-0.25, -0.2) is 36.8 Å². The summed E-state index contributed by atoms with van der Waals surface area (Å²) in [5.74, 6) is 0.169. The minimum atomic E-state index is -3.80. The summed E-state index contributed by atoms with van der Waals surface area (Å²) in [5.41, 5.74) is 1.80. The number of ether oxygens (including phenoxy) is 6. The van der Waals surface area contributed by atoms with Crippen LogP contribution in [0.1, 0.15) is 195 Å². The molecule has 0 bridgehead atoms. The Morgan fingerprint density at radius 3 is 1.41 bits per heavy atom. The zero-order valence-electron chi connectivity index (χ0n) is 70.4. The van der Waals surface area contributed by atoms with E-state index in [9.17, 15) is 45.6 Å². The van der Waals surface area contributed by atoms with E-state index in [0.717, 1.165) is 63.5 Å². The number of nitrogens with one attached hydrogen (secondary N) is 3. The second-order valence-electron chi connectivity index (χ2n) is 35.5. The van der Waals surface area contributed by atoms with E-state index in [0.29, 0.717) is 187 Å². The first kappa shape index (κ1) is 88.1. The molecule has 6 saturated heterocycles. The normalized spacial score (nSPS) is 27.6. The summed E-state index contributed by atoms with van der Waals surface area (Å²) in [4.78, 5) is 114. The van der Waals surface area contributed by atoms with Gasteiger partial charge in [-0.05, 0) is 111 Å². The van der Waals surface area contributed by atoms with E-state index < -0.39 is 89.6 Å². The third-order valence-corrected chi connectivity index (χ3v) is 33.2. The molecule has 10 aliphatic rings. The molecular weight excluding hydrogens is 1650 g/mol. The maximum atomic E-state index is 14.7. The molecule has 4 aliphatic carbocycles. The number of piperidine rings is 1. The van der Waals surface area contributed by atoms with Gasteiger partial charge in [-0.3, -0.25) is 48.0 Å². The number of Topliss-reactive ketones (excluding diaryl/α,β-unsaturated/α-hetero) is 2. The van der Waals surface area contributed by atoms with E-state index in [-0.39, 0.29) is 96.5 Å². The zero-order valence-corrected chi connectivity index (χ0v) is 75.1. The molecule has 14 atom stereocenters. The highest BCUT2D eigenvalue weighted by Crippen LogP contribution is 2.60. The maximum Gasteiger partial charge on any atom is 0.241 e. The summed E-state index contributed by atoms with van der Waals surface area (Å²) in [7, 11) is -7.60. The maximum absolute atomic E-state index is 14.7. The molecule has 2 aromatic carbocycles. The number of ketones is 2. The Morgan fingerprint density at radius 2 is 1.01 bits per heavy atom. The number of carbonyl (C=O) groups is 6. The fourth-order valence-corrected chi connectivity index (χ4v) is 23.8. The molecule has 6 aromatic rings. The van der Waals surface area contributed by atoms with Gasteiger partial charge in [-0.1, -0.05) is 118 Å². The molecule has 4 aromatic heterocycles. The standard InChI is InChI=1S/C44H58ClN5O8S2.C43H57ClN6O8S2/c1-6-26(5)29-10-12-33-38(21-34(50(33)42(29)52)35(51)23-44(22-27(44)7-2)43(53)48-60(54,55)28-8-9-28)58-37-20-31(41-47-32(24-59-41)25(3)4)46-40-30(37)11-13-36(39(40)45)57-19-16-49-14-17-56-18-15-49;1-6-25(5)38-41(52)50-31(33(51)21-43(20-26(43)7-2)42(53)48-60(54,55)27-8-9-27)19-36(32(50)22-45-38)58-35-18-29(40-47-30(23-59-40)24(3)4)46-39-28(35)10-11-34(37(39)44)57-17-14-49-12-15-56-16-13-49/h11,13,20,24-29,33-34,38H,6-10,12,14-19,21-23H2,1-5H3,(H,48,53);10-11,18,23-27,31-32,36,38,45H,6-9,12-17,19-22H2,1-5H3,(H,48,53)/t26-,27+,29+,33+,34-,38+,44+;25-,26+,31-,32+,36+,38+,43+/m00/s1. The number of pyridine rings is 2. The highest BCUT2D eigenvalue weighted by atomic mass is 35.5. The molecule has 16 rings (SSSR count). The van der Waals surface area contributed by atoms with Crippen LogP contribution in [0.5, 0.6) is 23.0 Å². The number of amides is 4. The molecule has 27 nitrogen and oxygen atoms in total. The summed E-state index contributed by atoms with van der Waals surface area (Å²) in [6.45, 7) is 29.4. The van der Waals surface area contributed by atoms with Gasteiger partial charge in [0.05, 0.1) is 100 Å². The number of aromatic nitrogens is 4. The lowest BCUT2D eigenvalue weighted by Crippen LogP contribution is -2.64. The summed E-state index contributed by atoms with van der Waals surface area (Å²) < 4.78 is 93.5. The SMILES string of the molecule is CC[C@@H]1C[C@]1(CC(=O)[C@@H]1C[C@@H](Oc2cc(-c3nc(C(C)C)cs3)nc3c(Cl)c(OCCN4CCOCC4)ccc23)[C@H]2CC[C@H]([C@@H](C)CC)C(=O)N21)C(=O)NS(=O)(=O)C1CC1.CC[C@@H]1C[C@]1(CC(=O)[C@@H]1C[C@@H](Oc2cc(-c3nc(C(C)C)cs3)nc3c(Cl)c(OCCN4CCOCC4)ccc23)[C@H]2CN[C@H]([C@@H](C)CC)C(=O)N21)C(=O)NS(=O)(=O)C1CC1. The molecule has 10 fully saturated rings. The third-order valence-electron chi connectivity index (χ3n) is 27.0. The molecule has 0 radical (unpaired) electrons. The van der Waals surface area contributed by atoms with Gasteiger partial charge < -0.3 is 43.5 Å². The Bertz CT molecular complexity index is 4760. The van der Waals surface area contributed by atoms with E-state index in [1.165, 1.54) is 22.7 Å². The molecule has 4 saturated carbocycles. The Morgan fingerprint density at radius 1 is 0.575 bits per heavy atom. The van der Waals surface area contributed by atoms with Crippen molar-refractivity contribution in [1.29, 1.82) is 0 Å². The number of sulfonamides is 2. The van der Waals surface area contributed by atoms with E-state index >= 15 is 0 Å². The van der Waals surface area contributed by atoms with Crippen molar-refractivity contribution in [2.24, 2.45) is 40.4 Å². The van der Waals surface area contributed by atoms with Crippen LogP contribution in [0.15, 0.2) is 47.2 Å². The topological polar surface area (TPSA) is 327 Å². The lowest BCUT2D eigenvalue weighted by molar-refractivity contribution is -0.149. The number of carbonyl (C=O) groups excluding carboxylic acids is 6. The summed E-state index contributed by atoms with van der Waals surface area (Å²) in [6, 6.07) is 8.12. The van der Waals surface area contributed by atoms with Crippen molar-refractivity contribution in [3.63, 3.8) is 0 Å². The molecule has 652 valence electrons. The Balaban J connectivity index is 0.000000187. The highest BCUT2D eigenvalue weighted by Gasteiger charge is 2.65. The second-order valence-corrected chi connectivity index (χ2v) is 41.9. The number of benzene rings is 2. The molecule has 6 aliphatic heterocycles. The monoisotopic (exact) mass is 1770 g/mol. The van der Waals surface area contributed by atoms with E-state index in [4.69, 9.17) is 71.6 Å². The number of rotatable bonds is 34. The van der Waals surface area contributed by atoms with Gasteiger partial charge in [0.1, 0.15) is 79.9 Å². The van der Waals surface area contributed by atoms with Crippen molar-refractivity contribution < 1.29 is 74.0 Å². The minimum absolute atomic E-state index is 0.0139. The number of piperazine rings is 1. The van der Waals surface area contributed by atoms with Crippen LogP contribution in [-0.2, 0) is 58.3 Å². The Hall–Kier alpha value is -6.78. The van der Waals surface area contributed by atoms with Gasteiger partial charge in [0, 0.05) is 111 Å². The van der Waals surface area contributed by atoms with E-state index in [2.05, 4.69) is 66.1 Å². The van der Waals surface area contributed by atoms with Crippen molar-refractivity contribution in [2.45, 2.75) is 237 Å². The Labute approximate surface area is 722 Å². The molecule has 4 amide bonds. The largest absolute Gasteiger partial charge is 0.491 e. The fourth-order valence-electron chi connectivity index (χ4n) is 18.6. The lowest BCUT2D eigenvalue weighted by atomic mass is 9.81. The van der Waals surface area contributed by atoms with Crippen LogP contribution in [-0.4, -0.2) is 230 Å². The molecule has 33 heteroatoms. The van der Waals surface area contributed by atoms with Crippen LogP contribution in [0.2, 0.25) is 10.0 Å². The average molecular weight is 1770 g/mol. The fraction of sp³-hybridized carbons (Fsp3) is 0.655. The number of fused-ring (bicyclic) bond motifs is 4. The van der Waals surface area contributed by atoms with Gasteiger partial charge in [0.15, 0.2) is 11.6 Å². The number of halogens is 2. The van der Waals surface area contributed by atoms with Crippen molar-refractivity contribution in [3.8, 4) is 44.4 Å². The molecule has 0 spiro atoms. The van der Waals surface area contributed by atoms with Crippen molar-refractivity contribution >= 4 is 123 Å². The molecule has 120 heavy (non-hydrogen) atoms. The number of thiazole rings is 2. The first-order chi connectivity index (χ1) is 57.5. The van der Waals surface area contributed by atoms with E-state index in [1.54, 1.807) is 9.80 Å². The summed E-state index contributed by atoms with van der Waals surface area (Å²) in [5, 5.41) is 9.83. The van der Waals surface area contributed by atoms with E-state index in [1.807, 2.05) is 74.9 Å². The highest BCUT2D eigenvalue weighted by molar-refractivity contribution is 7.91. The smallest absolute Gasteiger partial charge is 0.241 e. The van der Waals surface area contributed by atoms with Gasteiger partial charge in [-0.2, -0.15) is 0 Å². The number of nitrogens with zero attached hydrogens (tertiary/aromatic N) is 8. The number of hydrogen-bond donors (Lipinski definition) is 3. The van der Waals surface area contributed by atoms with Crippen LogP contribution < -0.4 is 33.7 Å². The van der Waals surface area contributed by atoms with Crippen molar-refractivity contribution in [3.05, 3.63) is 68.6 Å². The quantitative estimate of drug-likeness (QED) is 0.0338. The number of morpholine rings is 2. The van der Waals surface area contributed by atoms with Gasteiger partial charge >= 0.3 is 0 Å². The summed E-state index contributed by atoms with van der Waals surface area (Å²) >= 11 is 17.2. The minimum Gasteiger partial charge on any atom is -0.491 e. The predicted octanol–water partition coefficient (Wildman–Crippen LogP) is 12.6. The van der Waals surface area contributed by atoms with Crippen LogP contribution in [0.3, 0.4) is 0 Å². The molecule has 0 unspecified atom stereocenters. The first-order valence-corrected chi connectivity index (χ1v) is 49.0. The van der Waals surface area contributed by atoms with Crippen molar-refractivity contribution in [2.75, 3.05) is 85.5 Å². The van der Waals surface area contributed by atoms with Crippen molar-refractivity contribution in [1.82, 2.24) is 54.3 Å². The summed E-state index contributed by atoms with van der Waals surface area (Å²) in [6.07, 6.45) is 6.12. The Kier molecular flexibility index (Phi) is 26.7. The third kappa shape index (κ3) is 18.4. The lowest BCUT2D eigenvalue weighted by Gasteiger charge is -2.41. The van der Waals surface area contributed by atoms with Crippen LogP contribution in [0.4, 0.5) is 0 Å². The molecular formula is C87H115Cl2N11O16S4. The van der Waals surface area contributed by atoms with Crippen LogP contribution in [0, 0.1) is 40.4 Å². The first-order valence-electron chi connectivity index (χ1n) is 43.4. The number of hydrogen-bond acceptors (Lipinski definition) is 25. The second kappa shape index (κ2) is 36.4. The molecule has 10 heterocycles. The molecule has 3 N–H and O–H groups in total.